The Balaban J connectivity index is 1.94. The Morgan fingerprint density at radius 2 is 1.86 bits per heavy atom. The molecule has 3 nitrogen and oxygen atoms in total. The molecular weight excluding hydrogens is 309 g/mol. The van der Waals surface area contributed by atoms with Crippen molar-refractivity contribution in [2.45, 2.75) is 13.8 Å². The molecule has 0 saturated carbocycles. The van der Waals surface area contributed by atoms with Crippen LogP contribution in [0.4, 0.5) is 5.69 Å². The first kappa shape index (κ1) is 15.7. The number of rotatable bonds is 4. The van der Waals surface area contributed by atoms with E-state index >= 15 is 0 Å². The molecule has 0 spiro atoms. The van der Waals surface area contributed by atoms with Gasteiger partial charge in [0.05, 0.1) is 10.7 Å². The third-order valence-electron chi connectivity index (χ3n) is 3.05. The Bertz CT molecular complexity index is 671. The summed E-state index contributed by atoms with van der Waals surface area (Å²) in [6.07, 6.45) is 0. The number of ether oxygens (including phenoxy) is 1. The fraction of sp³-hybridized carbons (Fsp3) is 0.188. The monoisotopic (exact) mass is 323 g/mol. The van der Waals surface area contributed by atoms with Crippen LogP contribution in [0.2, 0.25) is 10.0 Å². The van der Waals surface area contributed by atoms with Gasteiger partial charge in [-0.15, -0.1) is 0 Å². The van der Waals surface area contributed by atoms with Crippen LogP contribution in [0.1, 0.15) is 11.1 Å². The number of aryl methyl sites for hydroxylation is 2. The molecule has 0 heterocycles. The van der Waals surface area contributed by atoms with E-state index < -0.39 is 0 Å². The highest BCUT2D eigenvalue weighted by Gasteiger charge is 2.07. The van der Waals surface area contributed by atoms with Crippen molar-refractivity contribution in [1.82, 2.24) is 0 Å². The normalized spacial score (nSPS) is 10.3. The maximum absolute atomic E-state index is 11.8. The van der Waals surface area contributed by atoms with Gasteiger partial charge in [0.2, 0.25) is 0 Å². The maximum atomic E-state index is 11.8. The number of benzene rings is 2. The zero-order chi connectivity index (χ0) is 15.4. The number of carbonyl (C=O) groups excluding carboxylic acids is 1. The standard InChI is InChI=1S/C16H15Cl2NO2/c1-10-3-5-13(7-11(10)2)21-9-16(20)19-15-6-4-12(17)8-14(15)18/h3-8H,9H2,1-2H3,(H,19,20). The second-order valence-corrected chi connectivity index (χ2v) is 5.55. The third-order valence-corrected chi connectivity index (χ3v) is 3.60. The Labute approximate surface area is 133 Å². The van der Waals surface area contributed by atoms with Gasteiger partial charge in [0.1, 0.15) is 5.75 Å². The lowest BCUT2D eigenvalue weighted by atomic mass is 10.1. The molecular formula is C16H15Cl2NO2. The van der Waals surface area contributed by atoms with Crippen LogP contribution in [-0.4, -0.2) is 12.5 Å². The number of anilines is 1. The predicted molar refractivity (Wildman–Crippen MR) is 86.5 cm³/mol. The third kappa shape index (κ3) is 4.38. The second kappa shape index (κ2) is 6.83. The summed E-state index contributed by atoms with van der Waals surface area (Å²) < 4.78 is 5.46. The number of amides is 1. The van der Waals surface area contributed by atoms with Crippen LogP contribution in [-0.2, 0) is 4.79 Å². The van der Waals surface area contributed by atoms with Gasteiger partial charge in [-0.3, -0.25) is 4.79 Å². The van der Waals surface area contributed by atoms with E-state index in [1.54, 1.807) is 18.2 Å². The number of nitrogens with one attached hydrogen (secondary N) is 1. The molecule has 1 N–H and O–H groups in total. The van der Waals surface area contributed by atoms with Crippen molar-refractivity contribution in [3.8, 4) is 5.75 Å². The lowest BCUT2D eigenvalue weighted by molar-refractivity contribution is -0.118. The molecule has 2 aromatic carbocycles. The quantitative estimate of drug-likeness (QED) is 0.890. The van der Waals surface area contributed by atoms with Crippen LogP contribution >= 0.6 is 23.2 Å². The average molecular weight is 324 g/mol. The summed E-state index contributed by atoms with van der Waals surface area (Å²) in [5.41, 5.74) is 2.81. The second-order valence-electron chi connectivity index (χ2n) is 4.71. The molecule has 110 valence electrons. The van der Waals surface area contributed by atoms with Crippen molar-refractivity contribution in [1.29, 1.82) is 0 Å². The SMILES string of the molecule is Cc1ccc(OCC(=O)Nc2ccc(Cl)cc2Cl)cc1C. The summed E-state index contributed by atoms with van der Waals surface area (Å²) in [4.78, 5) is 11.8. The van der Waals surface area contributed by atoms with Crippen molar-refractivity contribution < 1.29 is 9.53 Å². The van der Waals surface area contributed by atoms with Crippen LogP contribution in [0.15, 0.2) is 36.4 Å². The average Bonchev–Trinajstić information content (AvgIpc) is 2.43. The van der Waals surface area contributed by atoms with E-state index in [2.05, 4.69) is 5.32 Å². The van der Waals surface area contributed by atoms with Gasteiger partial charge >= 0.3 is 0 Å². The summed E-state index contributed by atoms with van der Waals surface area (Å²) in [6, 6.07) is 10.6. The molecule has 2 aromatic rings. The molecule has 0 unspecified atom stereocenters. The summed E-state index contributed by atoms with van der Waals surface area (Å²) in [5, 5.41) is 3.59. The van der Waals surface area contributed by atoms with Gasteiger partial charge in [0.15, 0.2) is 6.61 Å². The summed E-state index contributed by atoms with van der Waals surface area (Å²) >= 11 is 11.8. The zero-order valence-corrected chi connectivity index (χ0v) is 13.3. The van der Waals surface area contributed by atoms with Gasteiger partial charge in [0.25, 0.3) is 5.91 Å². The molecule has 0 radical (unpaired) electrons. The topological polar surface area (TPSA) is 38.3 Å². The van der Waals surface area contributed by atoms with E-state index in [9.17, 15) is 4.79 Å². The molecule has 0 bridgehead atoms. The first-order valence-electron chi connectivity index (χ1n) is 6.40. The first-order valence-corrected chi connectivity index (χ1v) is 7.16. The van der Waals surface area contributed by atoms with Gasteiger partial charge in [-0.2, -0.15) is 0 Å². The molecule has 0 fully saturated rings. The van der Waals surface area contributed by atoms with Gasteiger partial charge < -0.3 is 10.1 Å². The summed E-state index contributed by atoms with van der Waals surface area (Å²) in [5.74, 6) is 0.382. The van der Waals surface area contributed by atoms with Crippen molar-refractivity contribution in [3.05, 3.63) is 57.6 Å². The van der Waals surface area contributed by atoms with E-state index in [0.29, 0.717) is 21.5 Å². The van der Waals surface area contributed by atoms with Crippen LogP contribution in [0.5, 0.6) is 5.75 Å². The minimum absolute atomic E-state index is 0.0819. The highest BCUT2D eigenvalue weighted by molar-refractivity contribution is 6.36. The summed E-state index contributed by atoms with van der Waals surface area (Å²) in [7, 11) is 0. The van der Waals surface area contributed by atoms with E-state index in [1.807, 2.05) is 32.0 Å². The van der Waals surface area contributed by atoms with Crippen molar-refractivity contribution in [2.24, 2.45) is 0 Å². The van der Waals surface area contributed by atoms with Gasteiger partial charge in [-0.05, 0) is 55.3 Å². The van der Waals surface area contributed by atoms with Crippen LogP contribution in [0.3, 0.4) is 0 Å². The van der Waals surface area contributed by atoms with Crippen LogP contribution < -0.4 is 10.1 Å². The Kier molecular flexibility index (Phi) is 5.10. The number of hydrogen-bond donors (Lipinski definition) is 1. The molecule has 0 atom stereocenters. The van der Waals surface area contributed by atoms with Crippen molar-refractivity contribution in [3.63, 3.8) is 0 Å². The molecule has 0 saturated heterocycles. The number of carbonyl (C=O) groups is 1. The highest BCUT2D eigenvalue weighted by atomic mass is 35.5. The maximum Gasteiger partial charge on any atom is 0.262 e. The lowest BCUT2D eigenvalue weighted by Gasteiger charge is -2.10. The van der Waals surface area contributed by atoms with E-state index in [4.69, 9.17) is 27.9 Å². The Morgan fingerprint density at radius 1 is 1.10 bits per heavy atom. The molecule has 0 aliphatic rings. The zero-order valence-electron chi connectivity index (χ0n) is 11.7. The van der Waals surface area contributed by atoms with E-state index in [1.165, 1.54) is 5.56 Å². The molecule has 0 aliphatic carbocycles. The Hall–Kier alpha value is -1.71. The Morgan fingerprint density at radius 3 is 2.52 bits per heavy atom. The largest absolute Gasteiger partial charge is 0.484 e. The fourth-order valence-corrected chi connectivity index (χ4v) is 2.19. The first-order chi connectivity index (χ1) is 9.95. The summed E-state index contributed by atoms with van der Waals surface area (Å²) in [6.45, 7) is 3.94. The fourth-order valence-electron chi connectivity index (χ4n) is 1.73. The molecule has 5 heteroatoms. The minimum Gasteiger partial charge on any atom is -0.484 e. The molecule has 0 aliphatic heterocycles. The van der Waals surface area contributed by atoms with Gasteiger partial charge in [0, 0.05) is 5.02 Å². The molecule has 1 amide bonds. The van der Waals surface area contributed by atoms with Crippen LogP contribution in [0.25, 0.3) is 0 Å². The smallest absolute Gasteiger partial charge is 0.262 e. The van der Waals surface area contributed by atoms with Crippen molar-refractivity contribution in [2.75, 3.05) is 11.9 Å². The predicted octanol–water partition coefficient (Wildman–Crippen LogP) is 4.63. The number of hydrogen-bond acceptors (Lipinski definition) is 2. The lowest BCUT2D eigenvalue weighted by Crippen LogP contribution is -2.20. The van der Waals surface area contributed by atoms with Crippen LogP contribution in [0, 0.1) is 13.8 Å². The highest BCUT2D eigenvalue weighted by Crippen LogP contribution is 2.25. The molecule has 21 heavy (non-hydrogen) atoms. The van der Waals surface area contributed by atoms with E-state index in [-0.39, 0.29) is 12.5 Å². The van der Waals surface area contributed by atoms with Gasteiger partial charge in [-0.1, -0.05) is 29.3 Å². The van der Waals surface area contributed by atoms with E-state index in [0.717, 1.165) is 5.56 Å². The number of halogens is 2. The molecule has 2 rings (SSSR count). The molecule has 0 aromatic heterocycles. The minimum atomic E-state index is -0.280. The van der Waals surface area contributed by atoms with Crippen molar-refractivity contribution >= 4 is 34.8 Å². The van der Waals surface area contributed by atoms with Gasteiger partial charge in [-0.25, -0.2) is 0 Å².